The fraction of sp³-hybridized carbons (Fsp3) is 0. The van der Waals surface area contributed by atoms with Gasteiger partial charge in [-0.05, 0) is 0 Å². The minimum atomic E-state index is -2.38. The summed E-state index contributed by atoms with van der Waals surface area (Å²) in [5, 5.41) is 0. The Bertz CT molecular complexity index is 36.7. The van der Waals surface area contributed by atoms with Crippen LogP contribution in [0.25, 0.3) is 0 Å². The van der Waals surface area contributed by atoms with Crippen LogP contribution >= 0.6 is 17.1 Å². The predicted octanol–water partition coefficient (Wildman–Crippen LogP) is -1.77. The van der Waals surface area contributed by atoms with Crippen LogP contribution in [0.3, 0.4) is 0 Å². The maximum absolute atomic E-state index is 7.49. The van der Waals surface area contributed by atoms with Crippen molar-refractivity contribution in [1.29, 1.82) is 0 Å². The molecule has 0 aromatic rings. The SMILES string of the molecule is N[PH+](O)O.N[PH+](O)O.[CH3-].[Ir]. The Balaban J connectivity index is -0.0000000300. The van der Waals surface area contributed by atoms with Crippen LogP contribution in [0.4, 0.5) is 0 Å². The Kier molecular flexibility index (Phi) is 37.6. The third kappa shape index (κ3) is 393. The first-order valence-corrected chi connectivity index (χ1v) is 4.42. The number of hydrogen-bond donors (Lipinski definition) is 6. The van der Waals surface area contributed by atoms with Gasteiger partial charge in [-0.1, -0.05) is 0 Å². The molecule has 69 valence electrons. The van der Waals surface area contributed by atoms with Gasteiger partial charge in [-0.25, -0.2) is 19.6 Å². The Labute approximate surface area is 75.5 Å². The fourth-order valence-electron chi connectivity index (χ4n) is 0. The third-order valence-electron chi connectivity index (χ3n) is 0. The fourth-order valence-corrected chi connectivity index (χ4v) is 0. The second-order valence-corrected chi connectivity index (χ2v) is 2.15. The number of nitrogens with two attached hydrogens (primary N) is 2. The summed E-state index contributed by atoms with van der Waals surface area (Å²) >= 11 is 0. The van der Waals surface area contributed by atoms with E-state index in [2.05, 4.69) is 11.0 Å². The van der Waals surface area contributed by atoms with E-state index < -0.39 is 17.1 Å². The van der Waals surface area contributed by atoms with Crippen molar-refractivity contribution in [2.75, 3.05) is 0 Å². The molecular weight excluding hydrogens is 358 g/mol. The van der Waals surface area contributed by atoms with Gasteiger partial charge in [0.05, 0.1) is 0 Å². The number of rotatable bonds is 0. The monoisotopic (exact) mass is 372 g/mol. The zero-order chi connectivity index (χ0) is 7.15. The van der Waals surface area contributed by atoms with Gasteiger partial charge in [0.1, 0.15) is 0 Å². The molecule has 0 unspecified atom stereocenters. The average Bonchev–Trinajstić information content (AvgIpc) is 1.25. The van der Waals surface area contributed by atoms with Gasteiger partial charge in [-0.15, -0.1) is 0 Å². The first-order chi connectivity index (χ1) is 3.46. The van der Waals surface area contributed by atoms with Gasteiger partial charge < -0.3 is 7.43 Å². The normalized spacial score (nSPS) is 7.20. The van der Waals surface area contributed by atoms with Crippen LogP contribution in [-0.4, -0.2) is 19.6 Å². The van der Waals surface area contributed by atoms with Crippen LogP contribution in [0.15, 0.2) is 0 Å². The van der Waals surface area contributed by atoms with E-state index in [-0.39, 0.29) is 27.5 Å². The van der Waals surface area contributed by atoms with Crippen molar-refractivity contribution in [1.82, 2.24) is 0 Å². The van der Waals surface area contributed by atoms with E-state index >= 15 is 0 Å². The molecule has 0 aromatic carbocycles. The minimum absolute atomic E-state index is 0. The van der Waals surface area contributed by atoms with Gasteiger partial charge in [0.25, 0.3) is 0 Å². The van der Waals surface area contributed by atoms with E-state index in [1.54, 1.807) is 0 Å². The standard InChI is InChI=1S/CH3.Ir.2H4NO2P/c;;2*1-4(2)3/h1H3;;2*2-3H,1H2/q-1;;;/p+2. The summed E-state index contributed by atoms with van der Waals surface area (Å²) in [6.45, 7) is 0. The van der Waals surface area contributed by atoms with Gasteiger partial charge in [0, 0.05) is 20.1 Å². The number of hydrogen-bond acceptors (Lipinski definition) is 6. The Morgan fingerprint density at radius 3 is 0.800 bits per heavy atom. The van der Waals surface area contributed by atoms with Crippen LogP contribution in [0.1, 0.15) is 0 Å². The van der Waals surface area contributed by atoms with Gasteiger partial charge >= 0.3 is 17.1 Å². The summed E-state index contributed by atoms with van der Waals surface area (Å²) in [5.74, 6) is 0. The summed E-state index contributed by atoms with van der Waals surface area (Å²) in [6, 6.07) is 0. The molecule has 0 fully saturated rings. The van der Waals surface area contributed by atoms with Crippen LogP contribution in [0, 0.1) is 7.43 Å². The summed E-state index contributed by atoms with van der Waals surface area (Å²) in [4.78, 5) is 30.0. The molecule has 0 aliphatic rings. The second-order valence-electron chi connectivity index (χ2n) is 0.716. The molecule has 0 saturated carbocycles. The molecule has 6 nitrogen and oxygen atoms in total. The Morgan fingerprint density at radius 2 is 0.800 bits per heavy atom. The largest absolute Gasteiger partial charge is 0.358 e. The topological polar surface area (TPSA) is 133 Å². The van der Waals surface area contributed by atoms with Crippen LogP contribution in [0.5, 0.6) is 0 Å². The minimum Gasteiger partial charge on any atom is -0.358 e. The van der Waals surface area contributed by atoms with E-state index in [4.69, 9.17) is 19.6 Å². The molecule has 0 aliphatic heterocycles. The summed E-state index contributed by atoms with van der Waals surface area (Å²) < 4.78 is 0. The van der Waals surface area contributed by atoms with E-state index in [1.165, 1.54) is 0 Å². The van der Waals surface area contributed by atoms with Crippen molar-refractivity contribution in [2.24, 2.45) is 11.0 Å². The smallest absolute Gasteiger partial charge is 0.323 e. The van der Waals surface area contributed by atoms with Crippen molar-refractivity contribution in [3.63, 3.8) is 0 Å². The molecule has 0 aliphatic carbocycles. The van der Waals surface area contributed by atoms with Crippen LogP contribution in [-0.2, 0) is 20.1 Å². The van der Waals surface area contributed by atoms with Crippen molar-refractivity contribution >= 4 is 17.1 Å². The summed E-state index contributed by atoms with van der Waals surface area (Å²) in [7, 11) is -4.76. The van der Waals surface area contributed by atoms with Gasteiger partial charge in [0.15, 0.2) is 0 Å². The molecule has 0 atom stereocenters. The molecular formula is CH13IrN2O4P2+. The Hall–Kier alpha value is 1.27. The molecule has 0 bridgehead atoms. The molecule has 0 spiro atoms. The zero-order valence-electron chi connectivity index (χ0n) is 5.28. The molecule has 10 heavy (non-hydrogen) atoms. The van der Waals surface area contributed by atoms with E-state index in [1.807, 2.05) is 0 Å². The summed E-state index contributed by atoms with van der Waals surface area (Å²) in [6.07, 6.45) is 0. The van der Waals surface area contributed by atoms with E-state index in [0.717, 1.165) is 0 Å². The van der Waals surface area contributed by atoms with Gasteiger partial charge in [-0.2, -0.15) is 11.0 Å². The van der Waals surface area contributed by atoms with Crippen molar-refractivity contribution < 1.29 is 39.7 Å². The molecule has 0 aromatic heterocycles. The second kappa shape index (κ2) is 16.7. The van der Waals surface area contributed by atoms with Gasteiger partial charge in [-0.3, -0.25) is 0 Å². The van der Waals surface area contributed by atoms with E-state index in [9.17, 15) is 0 Å². The van der Waals surface area contributed by atoms with Crippen LogP contribution < -0.4 is 11.0 Å². The molecule has 0 heterocycles. The average molecular weight is 371 g/mol. The maximum Gasteiger partial charge on any atom is 0.323 e. The van der Waals surface area contributed by atoms with Crippen molar-refractivity contribution in [2.45, 2.75) is 0 Å². The molecule has 0 rings (SSSR count). The molecule has 9 heteroatoms. The molecule has 8 N–H and O–H groups in total. The quantitative estimate of drug-likeness (QED) is 0.221. The summed E-state index contributed by atoms with van der Waals surface area (Å²) in [5.41, 5.74) is 8.65. The van der Waals surface area contributed by atoms with Crippen molar-refractivity contribution in [3.8, 4) is 0 Å². The predicted molar refractivity (Wildman–Crippen MR) is 40.3 cm³/mol. The van der Waals surface area contributed by atoms with Gasteiger partial charge in [0.2, 0.25) is 0 Å². The third-order valence-corrected chi connectivity index (χ3v) is 0. The molecule has 0 amide bonds. The maximum atomic E-state index is 7.49. The van der Waals surface area contributed by atoms with Crippen LogP contribution in [0.2, 0.25) is 0 Å². The Morgan fingerprint density at radius 1 is 0.800 bits per heavy atom. The van der Waals surface area contributed by atoms with E-state index in [0.29, 0.717) is 0 Å². The zero-order valence-corrected chi connectivity index (χ0v) is 9.67. The van der Waals surface area contributed by atoms with Crippen molar-refractivity contribution in [3.05, 3.63) is 7.43 Å². The molecule has 1 radical (unpaired) electrons. The first kappa shape index (κ1) is 22.5. The first-order valence-electron chi connectivity index (χ1n) is 1.47. The molecule has 0 saturated heterocycles.